The lowest BCUT2D eigenvalue weighted by molar-refractivity contribution is -0.134. The molecule has 1 aromatic rings. The van der Waals surface area contributed by atoms with Crippen LogP contribution < -0.4 is 16.6 Å². The highest BCUT2D eigenvalue weighted by molar-refractivity contribution is 5.28. The van der Waals surface area contributed by atoms with Gasteiger partial charge in [-0.2, -0.15) is 13.2 Å². The lowest BCUT2D eigenvalue weighted by Crippen LogP contribution is -2.27. The molecule has 0 aliphatic rings. The van der Waals surface area contributed by atoms with Gasteiger partial charge in [0.15, 0.2) is 0 Å². The lowest BCUT2D eigenvalue weighted by Gasteiger charge is -2.06. The second-order valence-electron chi connectivity index (χ2n) is 3.00. The molecule has 0 spiro atoms. The minimum Gasteiger partial charge on any atom is -0.364 e. The second-order valence-corrected chi connectivity index (χ2v) is 3.00. The molecule has 0 unspecified atom stereocenters. The van der Waals surface area contributed by atoms with Gasteiger partial charge >= 0.3 is 11.9 Å². The molecule has 1 aromatic heterocycles. The van der Waals surface area contributed by atoms with E-state index >= 15 is 0 Å². The Balaban J connectivity index is 2.44. The van der Waals surface area contributed by atoms with Gasteiger partial charge in [-0.3, -0.25) is 9.78 Å². The number of rotatable bonds is 4. The highest BCUT2D eigenvalue weighted by atomic mass is 19.4. The molecular weight excluding hydrogens is 229 g/mol. The number of nitrogens with zero attached hydrogens (tertiary/aromatic N) is 1. The topological polar surface area (TPSA) is 90.6 Å². The average molecular weight is 238 g/mol. The molecule has 0 aromatic carbocycles. The van der Waals surface area contributed by atoms with Crippen LogP contribution in [-0.4, -0.2) is 27.9 Å². The molecule has 3 N–H and O–H groups in total. The van der Waals surface area contributed by atoms with E-state index in [4.69, 9.17) is 0 Å². The van der Waals surface area contributed by atoms with E-state index in [2.05, 4.69) is 10.4 Å². The maximum absolute atomic E-state index is 11.8. The Morgan fingerprint density at radius 1 is 1.31 bits per heavy atom. The summed E-state index contributed by atoms with van der Waals surface area (Å²) >= 11 is 0. The van der Waals surface area contributed by atoms with Gasteiger partial charge in [-0.05, 0) is 6.42 Å². The van der Waals surface area contributed by atoms with Gasteiger partial charge in [-0.25, -0.2) is 9.89 Å². The van der Waals surface area contributed by atoms with Crippen molar-refractivity contribution in [2.75, 3.05) is 11.9 Å². The van der Waals surface area contributed by atoms with Crippen LogP contribution >= 0.6 is 0 Å². The van der Waals surface area contributed by atoms with Crippen LogP contribution in [0, 0.1) is 0 Å². The Kier molecular flexibility index (Phi) is 3.69. The van der Waals surface area contributed by atoms with E-state index in [1.165, 1.54) is 0 Å². The van der Waals surface area contributed by atoms with Crippen LogP contribution in [0.15, 0.2) is 9.59 Å². The van der Waals surface area contributed by atoms with Crippen molar-refractivity contribution in [1.82, 2.24) is 15.2 Å². The molecule has 0 saturated heterocycles. The molecule has 0 bridgehead atoms. The Labute approximate surface area is 86.9 Å². The van der Waals surface area contributed by atoms with Crippen LogP contribution in [0.1, 0.15) is 12.8 Å². The first-order chi connectivity index (χ1) is 7.38. The highest BCUT2D eigenvalue weighted by Gasteiger charge is 2.25. The number of alkyl halides is 3. The van der Waals surface area contributed by atoms with Gasteiger partial charge in [-0.15, -0.1) is 5.10 Å². The van der Waals surface area contributed by atoms with Crippen molar-refractivity contribution < 1.29 is 13.2 Å². The molecule has 16 heavy (non-hydrogen) atoms. The van der Waals surface area contributed by atoms with E-state index < -0.39 is 23.8 Å². The zero-order chi connectivity index (χ0) is 12.2. The molecule has 1 rings (SSSR count). The summed E-state index contributed by atoms with van der Waals surface area (Å²) in [6.07, 6.45) is -5.34. The van der Waals surface area contributed by atoms with Crippen molar-refractivity contribution in [3.8, 4) is 0 Å². The van der Waals surface area contributed by atoms with Gasteiger partial charge in [0.25, 0.3) is 5.56 Å². The lowest BCUT2D eigenvalue weighted by atomic mass is 10.3. The normalized spacial score (nSPS) is 11.4. The van der Waals surface area contributed by atoms with Crippen molar-refractivity contribution in [3.63, 3.8) is 0 Å². The largest absolute Gasteiger partial charge is 0.389 e. The maximum atomic E-state index is 11.8. The molecule has 1 heterocycles. The van der Waals surface area contributed by atoms with Crippen molar-refractivity contribution in [1.29, 1.82) is 0 Å². The van der Waals surface area contributed by atoms with Gasteiger partial charge in [-0.1, -0.05) is 0 Å². The van der Waals surface area contributed by atoms with Crippen LogP contribution in [0.4, 0.5) is 19.0 Å². The second kappa shape index (κ2) is 4.81. The Morgan fingerprint density at radius 2 is 2.00 bits per heavy atom. The van der Waals surface area contributed by atoms with Crippen LogP contribution in [-0.2, 0) is 0 Å². The Bertz CT molecular complexity index is 450. The van der Waals surface area contributed by atoms with Gasteiger partial charge in [0.1, 0.15) is 0 Å². The fraction of sp³-hybridized carbons (Fsp3) is 0.571. The van der Waals surface area contributed by atoms with Gasteiger partial charge in [0.05, 0.1) is 0 Å². The summed E-state index contributed by atoms with van der Waals surface area (Å²) < 4.78 is 35.3. The van der Waals surface area contributed by atoms with E-state index in [1.807, 2.05) is 10.1 Å². The number of halogens is 3. The summed E-state index contributed by atoms with van der Waals surface area (Å²) in [6.45, 7) is -0.0539. The van der Waals surface area contributed by atoms with E-state index in [-0.39, 0.29) is 18.8 Å². The third-order valence-electron chi connectivity index (χ3n) is 1.64. The fourth-order valence-electron chi connectivity index (χ4n) is 0.963. The molecule has 0 aliphatic carbocycles. The third-order valence-corrected chi connectivity index (χ3v) is 1.64. The van der Waals surface area contributed by atoms with Gasteiger partial charge < -0.3 is 5.32 Å². The van der Waals surface area contributed by atoms with Crippen molar-refractivity contribution in [2.45, 2.75) is 19.0 Å². The summed E-state index contributed by atoms with van der Waals surface area (Å²) in [7, 11) is 0. The predicted octanol–water partition coefficient (Wildman–Crippen LogP) is 0.213. The van der Waals surface area contributed by atoms with Crippen LogP contribution in [0.3, 0.4) is 0 Å². The molecule has 0 amide bonds. The Hall–Kier alpha value is -1.80. The quantitative estimate of drug-likeness (QED) is 0.654. The molecular formula is C7H9F3N4O2. The molecule has 0 aliphatic heterocycles. The highest BCUT2D eigenvalue weighted by Crippen LogP contribution is 2.20. The summed E-state index contributed by atoms with van der Waals surface area (Å²) in [6, 6.07) is 0. The molecule has 90 valence electrons. The zero-order valence-electron chi connectivity index (χ0n) is 8.02. The third kappa shape index (κ3) is 4.15. The smallest absolute Gasteiger partial charge is 0.364 e. The molecule has 0 fully saturated rings. The monoisotopic (exact) mass is 238 g/mol. The van der Waals surface area contributed by atoms with E-state index in [0.717, 1.165) is 0 Å². The number of H-pyrrole nitrogens is 2. The van der Waals surface area contributed by atoms with Crippen LogP contribution in [0.5, 0.6) is 0 Å². The number of hydrogen-bond donors (Lipinski definition) is 3. The van der Waals surface area contributed by atoms with Gasteiger partial charge in [0, 0.05) is 13.0 Å². The number of aromatic amines is 2. The van der Waals surface area contributed by atoms with Crippen molar-refractivity contribution >= 4 is 5.82 Å². The number of aromatic nitrogens is 3. The molecule has 0 radical (unpaired) electrons. The predicted molar refractivity (Wildman–Crippen MR) is 49.3 cm³/mol. The average Bonchev–Trinajstić information content (AvgIpc) is 2.13. The van der Waals surface area contributed by atoms with E-state index in [0.29, 0.717) is 0 Å². The first kappa shape index (κ1) is 12.3. The van der Waals surface area contributed by atoms with Crippen LogP contribution in [0.25, 0.3) is 0 Å². The van der Waals surface area contributed by atoms with Gasteiger partial charge in [0.2, 0.25) is 5.82 Å². The molecule has 9 heteroatoms. The summed E-state index contributed by atoms with van der Waals surface area (Å²) in [5.74, 6) is -0.207. The number of nitrogens with one attached hydrogen (secondary N) is 3. The maximum Gasteiger partial charge on any atom is 0.389 e. The summed E-state index contributed by atoms with van der Waals surface area (Å²) in [5, 5.41) is 7.68. The van der Waals surface area contributed by atoms with E-state index in [1.54, 1.807) is 0 Å². The summed E-state index contributed by atoms with van der Waals surface area (Å²) in [5.41, 5.74) is -1.54. The zero-order valence-corrected chi connectivity index (χ0v) is 8.02. The fourth-order valence-corrected chi connectivity index (χ4v) is 0.963. The first-order valence-electron chi connectivity index (χ1n) is 4.38. The number of hydrogen-bond acceptors (Lipinski definition) is 4. The first-order valence-corrected chi connectivity index (χ1v) is 4.38. The minimum atomic E-state index is -4.22. The van der Waals surface area contributed by atoms with Crippen LogP contribution in [0.2, 0.25) is 0 Å². The Morgan fingerprint density at radius 3 is 2.56 bits per heavy atom. The standard InChI is InChI=1S/C7H9F3N4O2/c8-7(9,10)2-1-3-11-4-5(15)12-6(16)14-13-4/h1-3H2,(H,11,13)(H2,12,14,15,16). The minimum absolute atomic E-state index is 0.0539. The summed E-state index contributed by atoms with van der Waals surface area (Å²) in [4.78, 5) is 23.4. The van der Waals surface area contributed by atoms with E-state index in [9.17, 15) is 22.8 Å². The molecule has 0 saturated carbocycles. The number of anilines is 1. The van der Waals surface area contributed by atoms with Crippen molar-refractivity contribution in [2.24, 2.45) is 0 Å². The van der Waals surface area contributed by atoms with Crippen molar-refractivity contribution in [3.05, 3.63) is 20.8 Å². The SMILES string of the molecule is O=c1[nH]nc(NCCCC(F)(F)F)c(=O)[nH]1. The molecule has 6 nitrogen and oxygen atoms in total. The molecule has 0 atom stereocenters.